The molecule has 4 atom stereocenters. The Morgan fingerprint density at radius 2 is 1.40 bits per heavy atom. The Hall–Kier alpha value is -3.21. The molecule has 0 radical (unpaired) electrons. The summed E-state index contributed by atoms with van der Waals surface area (Å²) in [4.78, 5) is 51.8. The van der Waals surface area contributed by atoms with Crippen molar-refractivity contribution in [1.29, 1.82) is 0 Å². The van der Waals surface area contributed by atoms with E-state index in [1.165, 1.54) is 24.5 Å². The maximum absolute atomic E-state index is 13.4. The smallest absolute Gasteiger partial charge is 0.252 e. The van der Waals surface area contributed by atoms with E-state index in [9.17, 15) is 24.4 Å². The minimum atomic E-state index is -0.852. The van der Waals surface area contributed by atoms with Gasteiger partial charge in [0.2, 0.25) is 17.7 Å². The minimum Gasteiger partial charge on any atom is -0.619 e. The van der Waals surface area contributed by atoms with E-state index in [-0.39, 0.29) is 35.4 Å². The number of aromatic nitrogens is 1. The first kappa shape index (κ1) is 34.8. The van der Waals surface area contributed by atoms with E-state index in [1.54, 1.807) is 0 Å². The lowest BCUT2D eigenvalue weighted by Crippen LogP contribution is -2.56. The number of rotatable bonds is 18. The minimum absolute atomic E-state index is 0.0725. The maximum atomic E-state index is 13.4. The van der Waals surface area contributed by atoms with Crippen LogP contribution in [0, 0.1) is 17.0 Å². The lowest BCUT2D eigenvalue weighted by Gasteiger charge is -2.28. The topological polar surface area (TPSA) is 155 Å². The summed E-state index contributed by atoms with van der Waals surface area (Å²) >= 11 is 0. The molecule has 5 N–H and O–H groups in total. The molecule has 0 bridgehead atoms. The first-order chi connectivity index (χ1) is 18.9. The standard InChI is InChI=1S/C29H50N6O5/c1-8-11-24(28(38)32-22(16-19(4)5)18-31-23(9-2)27(37)30-10-3)33-29(39)25(17-20(6)7)34-26(36)21-12-14-35(40)15-13-21/h12-15,19-20,22-25,31H,8-11,16-18H2,1-7H3,(H,30,37)(H,32,38)(H,33,39)(H,34,36)/t22-,23-,24-,25-/m0/s1. The van der Waals surface area contributed by atoms with Gasteiger partial charge < -0.3 is 31.8 Å². The summed E-state index contributed by atoms with van der Waals surface area (Å²) in [5.74, 6) is -0.879. The summed E-state index contributed by atoms with van der Waals surface area (Å²) in [6.07, 6.45) is 5.23. The highest BCUT2D eigenvalue weighted by Gasteiger charge is 2.29. The lowest BCUT2D eigenvalue weighted by molar-refractivity contribution is -0.605. The van der Waals surface area contributed by atoms with Crippen LogP contribution >= 0.6 is 0 Å². The van der Waals surface area contributed by atoms with Crippen LogP contribution in [0.3, 0.4) is 0 Å². The zero-order valence-corrected chi connectivity index (χ0v) is 25.2. The fraction of sp³-hybridized carbons (Fsp3) is 0.690. The molecule has 1 aromatic heterocycles. The van der Waals surface area contributed by atoms with Crippen LogP contribution in [-0.2, 0) is 14.4 Å². The number of hydrogen-bond acceptors (Lipinski definition) is 6. The van der Waals surface area contributed by atoms with Crippen LogP contribution in [0.1, 0.15) is 90.9 Å². The monoisotopic (exact) mass is 562 g/mol. The SMILES string of the molecule is CCC[C@H](NC(=O)[C@H](CC(C)C)NC(=O)c1cc[n+]([O-])cc1)C(=O)N[C@H](CN[C@@H](CC)C(=O)NCC)CC(C)C. The third-order valence-corrected chi connectivity index (χ3v) is 6.39. The van der Waals surface area contributed by atoms with Crippen molar-refractivity contribution in [2.45, 2.75) is 105 Å². The first-order valence-corrected chi connectivity index (χ1v) is 14.5. The zero-order valence-electron chi connectivity index (χ0n) is 25.2. The Morgan fingerprint density at radius 3 is 1.93 bits per heavy atom. The van der Waals surface area contributed by atoms with Crippen molar-refractivity contribution in [3.8, 4) is 0 Å². The third kappa shape index (κ3) is 12.8. The molecule has 0 aliphatic heterocycles. The fourth-order valence-electron chi connectivity index (χ4n) is 4.41. The molecule has 0 spiro atoms. The quantitative estimate of drug-likeness (QED) is 0.136. The summed E-state index contributed by atoms with van der Waals surface area (Å²) in [7, 11) is 0. The van der Waals surface area contributed by atoms with Gasteiger partial charge in [0.15, 0.2) is 12.4 Å². The predicted molar refractivity (Wildman–Crippen MR) is 155 cm³/mol. The Morgan fingerprint density at radius 1 is 0.800 bits per heavy atom. The number of pyridine rings is 1. The molecule has 0 aliphatic rings. The Kier molecular flexibility index (Phi) is 15.8. The van der Waals surface area contributed by atoms with Gasteiger partial charge in [-0.2, -0.15) is 4.73 Å². The second-order valence-corrected chi connectivity index (χ2v) is 11.1. The molecule has 40 heavy (non-hydrogen) atoms. The van der Waals surface area contributed by atoms with Gasteiger partial charge in [0, 0.05) is 31.3 Å². The summed E-state index contributed by atoms with van der Waals surface area (Å²) < 4.78 is 0.577. The number of carbonyl (C=O) groups excluding carboxylic acids is 4. The van der Waals surface area contributed by atoms with Crippen LogP contribution < -0.4 is 31.3 Å². The van der Waals surface area contributed by atoms with E-state index in [0.717, 1.165) is 0 Å². The van der Waals surface area contributed by atoms with Gasteiger partial charge in [-0.05, 0) is 44.4 Å². The Balaban J connectivity index is 2.97. The number of likely N-dealkylation sites (N-methyl/N-ethyl adjacent to an activating group) is 1. The van der Waals surface area contributed by atoms with E-state index in [4.69, 9.17) is 0 Å². The summed E-state index contributed by atoms with van der Waals surface area (Å²) in [5, 5.41) is 26.1. The molecule has 0 saturated heterocycles. The molecule has 226 valence electrons. The van der Waals surface area contributed by atoms with E-state index in [0.29, 0.717) is 55.8 Å². The molecule has 0 saturated carbocycles. The molecular formula is C29H50N6O5. The molecule has 1 aromatic rings. The van der Waals surface area contributed by atoms with Gasteiger partial charge in [-0.25, -0.2) is 0 Å². The molecule has 0 aromatic carbocycles. The fourth-order valence-corrected chi connectivity index (χ4v) is 4.41. The van der Waals surface area contributed by atoms with Gasteiger partial charge >= 0.3 is 0 Å². The Bertz CT molecular complexity index is 937. The third-order valence-electron chi connectivity index (χ3n) is 6.39. The molecule has 11 heteroatoms. The maximum Gasteiger partial charge on any atom is 0.252 e. The van der Waals surface area contributed by atoms with E-state index in [2.05, 4.69) is 40.4 Å². The van der Waals surface area contributed by atoms with Gasteiger partial charge in [0.25, 0.3) is 5.91 Å². The van der Waals surface area contributed by atoms with E-state index >= 15 is 0 Å². The second kappa shape index (κ2) is 18.2. The summed E-state index contributed by atoms with van der Waals surface area (Å²) in [6.45, 7) is 14.7. The number of carbonyl (C=O) groups is 4. The van der Waals surface area contributed by atoms with Crippen molar-refractivity contribution >= 4 is 23.6 Å². The average molecular weight is 563 g/mol. The van der Waals surface area contributed by atoms with E-state index < -0.39 is 23.9 Å². The van der Waals surface area contributed by atoms with Crippen molar-refractivity contribution in [1.82, 2.24) is 26.6 Å². The van der Waals surface area contributed by atoms with Crippen LogP contribution in [0.4, 0.5) is 0 Å². The molecule has 1 rings (SSSR count). The molecule has 0 fully saturated rings. The summed E-state index contributed by atoms with van der Waals surface area (Å²) in [5.41, 5.74) is 0.263. The number of nitrogens with zero attached hydrogens (tertiary/aromatic N) is 1. The van der Waals surface area contributed by atoms with Crippen LogP contribution in [0.15, 0.2) is 24.5 Å². The van der Waals surface area contributed by atoms with Crippen LogP contribution in [0.2, 0.25) is 0 Å². The Labute approximate surface area is 239 Å². The van der Waals surface area contributed by atoms with Gasteiger partial charge in [-0.15, -0.1) is 0 Å². The highest BCUT2D eigenvalue weighted by molar-refractivity contribution is 5.98. The zero-order chi connectivity index (χ0) is 30.2. The molecule has 1 heterocycles. The molecule has 0 aliphatic carbocycles. The van der Waals surface area contributed by atoms with Crippen molar-refractivity contribution in [2.75, 3.05) is 13.1 Å². The first-order valence-electron chi connectivity index (χ1n) is 14.5. The average Bonchev–Trinajstić information content (AvgIpc) is 2.88. The molecule has 0 unspecified atom stereocenters. The highest BCUT2D eigenvalue weighted by atomic mass is 16.5. The number of nitrogens with one attached hydrogen (secondary N) is 5. The van der Waals surface area contributed by atoms with Crippen molar-refractivity contribution in [3.05, 3.63) is 35.3 Å². The second-order valence-electron chi connectivity index (χ2n) is 11.1. The van der Waals surface area contributed by atoms with Gasteiger partial charge in [-0.3, -0.25) is 19.2 Å². The van der Waals surface area contributed by atoms with E-state index in [1.807, 2.05) is 34.6 Å². The lowest BCUT2D eigenvalue weighted by atomic mass is 10.0. The molecular weight excluding hydrogens is 512 g/mol. The van der Waals surface area contributed by atoms with Crippen molar-refractivity contribution < 1.29 is 23.9 Å². The number of amides is 4. The largest absolute Gasteiger partial charge is 0.619 e. The highest BCUT2D eigenvalue weighted by Crippen LogP contribution is 2.10. The predicted octanol–water partition coefficient (Wildman–Crippen LogP) is 1.78. The van der Waals surface area contributed by atoms with Gasteiger partial charge in [0.05, 0.1) is 11.6 Å². The molecule has 4 amide bonds. The van der Waals surface area contributed by atoms with Gasteiger partial charge in [-0.1, -0.05) is 48.0 Å². The number of hydrogen-bond donors (Lipinski definition) is 5. The van der Waals surface area contributed by atoms with Crippen molar-refractivity contribution in [3.63, 3.8) is 0 Å². The van der Waals surface area contributed by atoms with Crippen LogP contribution in [-0.4, -0.2) is 60.9 Å². The van der Waals surface area contributed by atoms with Crippen LogP contribution in [0.5, 0.6) is 0 Å². The summed E-state index contributed by atoms with van der Waals surface area (Å²) in [6, 6.07) is 0.548. The van der Waals surface area contributed by atoms with Crippen molar-refractivity contribution in [2.24, 2.45) is 11.8 Å². The van der Waals surface area contributed by atoms with Gasteiger partial charge in [0.1, 0.15) is 12.1 Å². The van der Waals surface area contributed by atoms with Crippen LogP contribution in [0.25, 0.3) is 0 Å². The normalized spacial score (nSPS) is 14.2. The molecule has 11 nitrogen and oxygen atoms in total.